The van der Waals surface area contributed by atoms with Crippen LogP contribution in [0.2, 0.25) is 18.1 Å². The second kappa shape index (κ2) is 15.1. The fourth-order valence-electron chi connectivity index (χ4n) is 5.20. The molecule has 0 spiro atoms. The van der Waals surface area contributed by atoms with Gasteiger partial charge in [-0.2, -0.15) is 5.10 Å². The lowest BCUT2D eigenvalue weighted by molar-refractivity contribution is -0.0365. The second-order valence-electron chi connectivity index (χ2n) is 13.9. The van der Waals surface area contributed by atoms with E-state index in [1.165, 1.54) is 5.56 Å². The van der Waals surface area contributed by atoms with E-state index in [0.29, 0.717) is 25.7 Å². The van der Waals surface area contributed by atoms with Crippen molar-refractivity contribution in [2.75, 3.05) is 19.8 Å². The summed E-state index contributed by atoms with van der Waals surface area (Å²) in [5, 5.41) is 6.18. The van der Waals surface area contributed by atoms with Gasteiger partial charge in [-0.05, 0) is 87.5 Å². The van der Waals surface area contributed by atoms with Crippen LogP contribution in [0.4, 0.5) is 0 Å². The molecule has 1 aliphatic heterocycles. The zero-order valence-corrected chi connectivity index (χ0v) is 29.6. The monoisotopic (exact) mass is 645 g/mol. The standard InChI is InChI=1S/C37H51N3O5Si/c1-27(43-26-29-14-9-8-10-15-29)21-23-41-25-28(2)44-34-17-13-16-32(38-34)36-31-24-30(45-46(6,7)37(3,4)5)19-20-33(31)40(39-36)35-18-11-12-22-42-35/h8-10,13-17,19-20,24,27-28,35H,11-12,18,21-23,25-26H2,1-7H3/t27-,28-,35?/m1/s1. The summed E-state index contributed by atoms with van der Waals surface area (Å²) in [6, 6.07) is 22.4. The molecule has 9 heteroatoms. The molecule has 0 saturated carbocycles. The molecule has 0 bridgehead atoms. The fourth-order valence-corrected chi connectivity index (χ4v) is 6.23. The van der Waals surface area contributed by atoms with Crippen LogP contribution in [0.25, 0.3) is 22.3 Å². The lowest BCUT2D eigenvalue weighted by atomic mass is 10.1. The van der Waals surface area contributed by atoms with Gasteiger partial charge in [0.2, 0.25) is 14.2 Å². The first-order chi connectivity index (χ1) is 22.0. The first-order valence-electron chi connectivity index (χ1n) is 16.7. The molecule has 0 amide bonds. The highest BCUT2D eigenvalue weighted by atomic mass is 28.4. The Morgan fingerprint density at radius 2 is 1.78 bits per heavy atom. The minimum atomic E-state index is -2.03. The van der Waals surface area contributed by atoms with Crippen LogP contribution in [0.1, 0.15) is 72.1 Å². The Kier molecular flexibility index (Phi) is 11.2. The largest absolute Gasteiger partial charge is 0.543 e. The molecule has 3 heterocycles. The van der Waals surface area contributed by atoms with Gasteiger partial charge >= 0.3 is 0 Å². The van der Waals surface area contributed by atoms with Gasteiger partial charge in [0.05, 0.1) is 30.5 Å². The Balaban J connectivity index is 1.26. The van der Waals surface area contributed by atoms with Crippen LogP contribution in [0.3, 0.4) is 0 Å². The zero-order chi connectivity index (χ0) is 32.7. The van der Waals surface area contributed by atoms with Gasteiger partial charge in [0.15, 0.2) is 6.23 Å². The molecule has 46 heavy (non-hydrogen) atoms. The van der Waals surface area contributed by atoms with Gasteiger partial charge in [-0.15, -0.1) is 0 Å². The van der Waals surface area contributed by atoms with Gasteiger partial charge in [0.25, 0.3) is 0 Å². The highest BCUT2D eigenvalue weighted by Crippen LogP contribution is 2.40. The molecule has 1 saturated heterocycles. The van der Waals surface area contributed by atoms with Gasteiger partial charge in [-0.25, -0.2) is 9.67 Å². The smallest absolute Gasteiger partial charge is 0.250 e. The number of pyridine rings is 1. The quantitative estimate of drug-likeness (QED) is 0.100. The SMILES string of the molecule is C[C@H](CCOC[C@@H](C)Oc1cccc(-c2nn(C3CCCCO3)c3ccc(O[Si](C)(C)C(C)(C)C)cc23)n1)OCc1ccccc1. The number of fused-ring (bicyclic) bond motifs is 1. The van der Waals surface area contributed by atoms with Gasteiger partial charge in [0, 0.05) is 24.7 Å². The van der Waals surface area contributed by atoms with Crippen LogP contribution in [0, 0.1) is 0 Å². The number of hydrogen-bond donors (Lipinski definition) is 0. The molecule has 1 fully saturated rings. The highest BCUT2D eigenvalue weighted by Gasteiger charge is 2.39. The molecule has 0 radical (unpaired) electrons. The Morgan fingerprint density at radius 3 is 2.52 bits per heavy atom. The molecule has 5 rings (SSSR count). The molecular formula is C37H51N3O5Si. The van der Waals surface area contributed by atoms with Crippen LogP contribution in [0.5, 0.6) is 11.6 Å². The van der Waals surface area contributed by atoms with Crippen LogP contribution >= 0.6 is 0 Å². The molecule has 0 N–H and O–H groups in total. The van der Waals surface area contributed by atoms with Crippen molar-refractivity contribution in [1.29, 1.82) is 0 Å². The molecule has 0 aliphatic carbocycles. The van der Waals surface area contributed by atoms with Crippen LogP contribution in [-0.4, -0.2) is 55.1 Å². The summed E-state index contributed by atoms with van der Waals surface area (Å²) >= 11 is 0. The molecule has 4 aromatic rings. The zero-order valence-electron chi connectivity index (χ0n) is 28.6. The van der Waals surface area contributed by atoms with E-state index in [1.807, 2.05) is 48.0 Å². The third-order valence-electron chi connectivity index (χ3n) is 8.97. The Hall–Kier alpha value is -3.24. The number of hydrogen-bond acceptors (Lipinski definition) is 7. The van der Waals surface area contributed by atoms with E-state index in [1.54, 1.807) is 0 Å². The fraction of sp³-hybridized carbons (Fsp3) is 0.514. The van der Waals surface area contributed by atoms with Crippen molar-refractivity contribution in [3.05, 3.63) is 72.3 Å². The Labute approximate surface area is 275 Å². The summed E-state index contributed by atoms with van der Waals surface area (Å²) in [4.78, 5) is 4.90. The minimum Gasteiger partial charge on any atom is -0.543 e. The molecule has 1 unspecified atom stereocenters. The Bertz CT molecular complexity index is 1550. The first kappa shape index (κ1) is 34.1. The van der Waals surface area contributed by atoms with Crippen molar-refractivity contribution >= 4 is 19.2 Å². The van der Waals surface area contributed by atoms with Crippen molar-refractivity contribution in [3.8, 4) is 23.0 Å². The maximum Gasteiger partial charge on any atom is 0.250 e. The maximum atomic E-state index is 6.70. The number of rotatable bonds is 14. The third-order valence-corrected chi connectivity index (χ3v) is 13.3. The average Bonchev–Trinajstić information content (AvgIpc) is 3.41. The normalized spacial score (nSPS) is 17.2. The molecule has 248 valence electrons. The van der Waals surface area contributed by atoms with Crippen LogP contribution < -0.4 is 9.16 Å². The topological polar surface area (TPSA) is 76.9 Å². The predicted molar refractivity (Wildman–Crippen MR) is 186 cm³/mol. The maximum absolute atomic E-state index is 6.70. The van der Waals surface area contributed by atoms with Crippen molar-refractivity contribution in [1.82, 2.24) is 14.8 Å². The molecule has 2 aromatic carbocycles. The second-order valence-corrected chi connectivity index (χ2v) is 18.6. The summed E-state index contributed by atoms with van der Waals surface area (Å²) in [6.07, 6.45) is 3.79. The minimum absolute atomic E-state index is 0.0902. The van der Waals surface area contributed by atoms with Gasteiger partial charge in [-0.1, -0.05) is 57.2 Å². The average molecular weight is 646 g/mol. The first-order valence-corrected chi connectivity index (χ1v) is 19.6. The van der Waals surface area contributed by atoms with E-state index < -0.39 is 8.32 Å². The van der Waals surface area contributed by atoms with Gasteiger partial charge in [0.1, 0.15) is 17.5 Å². The van der Waals surface area contributed by atoms with Crippen LogP contribution in [0.15, 0.2) is 66.7 Å². The van der Waals surface area contributed by atoms with Crippen molar-refractivity contribution in [2.24, 2.45) is 0 Å². The number of ether oxygens (including phenoxy) is 4. The number of nitrogens with zero attached hydrogens (tertiary/aromatic N) is 3. The van der Waals surface area contributed by atoms with Crippen molar-refractivity contribution in [3.63, 3.8) is 0 Å². The van der Waals surface area contributed by atoms with Crippen molar-refractivity contribution in [2.45, 2.75) is 103 Å². The van der Waals surface area contributed by atoms with E-state index in [2.05, 4.69) is 71.1 Å². The van der Waals surface area contributed by atoms with E-state index in [4.69, 9.17) is 33.5 Å². The number of aromatic nitrogens is 3. The molecule has 3 atom stereocenters. The summed E-state index contributed by atoms with van der Waals surface area (Å²) < 4.78 is 33.0. The molecular weight excluding hydrogens is 595 g/mol. The van der Waals surface area contributed by atoms with Gasteiger partial charge in [-0.3, -0.25) is 0 Å². The van der Waals surface area contributed by atoms with E-state index >= 15 is 0 Å². The molecule has 2 aromatic heterocycles. The lowest BCUT2D eigenvalue weighted by Gasteiger charge is -2.36. The van der Waals surface area contributed by atoms with Crippen molar-refractivity contribution < 1.29 is 23.4 Å². The summed E-state index contributed by atoms with van der Waals surface area (Å²) in [5.41, 5.74) is 3.73. The van der Waals surface area contributed by atoms with E-state index in [9.17, 15) is 0 Å². The summed E-state index contributed by atoms with van der Waals surface area (Å²) in [7, 11) is -2.03. The Morgan fingerprint density at radius 1 is 0.978 bits per heavy atom. The third kappa shape index (κ3) is 8.76. The van der Waals surface area contributed by atoms with E-state index in [-0.39, 0.29) is 23.5 Å². The van der Waals surface area contributed by atoms with Gasteiger partial charge < -0.3 is 23.4 Å². The summed E-state index contributed by atoms with van der Waals surface area (Å²) in [5.74, 6) is 1.40. The van der Waals surface area contributed by atoms with Crippen LogP contribution in [-0.2, 0) is 20.8 Å². The number of benzene rings is 2. The summed E-state index contributed by atoms with van der Waals surface area (Å²) in [6.45, 7) is 17.8. The predicted octanol–water partition coefficient (Wildman–Crippen LogP) is 8.96. The molecule has 8 nitrogen and oxygen atoms in total. The molecule has 1 aliphatic rings. The highest BCUT2D eigenvalue weighted by molar-refractivity contribution is 6.74. The lowest BCUT2D eigenvalue weighted by Crippen LogP contribution is -2.43. The van der Waals surface area contributed by atoms with E-state index in [0.717, 1.165) is 60.3 Å².